The summed E-state index contributed by atoms with van der Waals surface area (Å²) in [5.41, 5.74) is 4.78. The highest BCUT2D eigenvalue weighted by Gasteiger charge is 2.40. The van der Waals surface area contributed by atoms with Gasteiger partial charge >= 0.3 is 0 Å². The van der Waals surface area contributed by atoms with Gasteiger partial charge in [-0.05, 0) is 45.9 Å². The van der Waals surface area contributed by atoms with Crippen molar-refractivity contribution in [1.29, 1.82) is 0 Å². The fourth-order valence-corrected chi connectivity index (χ4v) is 2.89. The summed E-state index contributed by atoms with van der Waals surface area (Å²) in [4.78, 5) is 28.6. The zero-order chi connectivity index (χ0) is 19.8. The number of aryl methyl sites for hydroxylation is 2. The van der Waals surface area contributed by atoms with Crippen LogP contribution in [0.15, 0.2) is 47.6 Å². The van der Waals surface area contributed by atoms with Crippen molar-refractivity contribution >= 4 is 17.4 Å². The van der Waals surface area contributed by atoms with Crippen LogP contribution in [-0.4, -0.2) is 27.4 Å². The molecule has 0 spiro atoms. The number of amidine groups is 1. The van der Waals surface area contributed by atoms with E-state index in [0.29, 0.717) is 5.84 Å². The van der Waals surface area contributed by atoms with Crippen molar-refractivity contribution < 1.29 is 14.6 Å². The molecule has 1 amide bonds. The first-order chi connectivity index (χ1) is 12.7. The summed E-state index contributed by atoms with van der Waals surface area (Å²) in [5, 5.41) is 16.6. The van der Waals surface area contributed by atoms with E-state index in [1.165, 1.54) is 29.3 Å². The summed E-state index contributed by atoms with van der Waals surface area (Å²) in [6.45, 7) is 7.48. The van der Waals surface area contributed by atoms with Gasteiger partial charge in [0.15, 0.2) is 5.84 Å². The van der Waals surface area contributed by atoms with Crippen LogP contribution in [0.25, 0.3) is 0 Å². The molecule has 8 nitrogen and oxygen atoms in total. The van der Waals surface area contributed by atoms with Crippen molar-refractivity contribution in [3.05, 3.63) is 74.8 Å². The summed E-state index contributed by atoms with van der Waals surface area (Å²) >= 11 is 0. The molecule has 3 rings (SSSR count). The molecule has 0 unspecified atom stereocenters. The van der Waals surface area contributed by atoms with E-state index in [1.54, 1.807) is 13.8 Å². The van der Waals surface area contributed by atoms with Crippen LogP contribution in [0.2, 0.25) is 0 Å². The third-order valence-electron chi connectivity index (χ3n) is 4.12. The SMILES string of the molecule is Cc1cc(C)cc(C2=NOC(C)(C)N2NC(=O)c2cccc([N+](=O)[O-])c2)c1. The topological polar surface area (TPSA) is 97.1 Å². The molecule has 1 aliphatic heterocycles. The van der Waals surface area contributed by atoms with E-state index in [4.69, 9.17) is 4.84 Å². The van der Waals surface area contributed by atoms with Crippen molar-refractivity contribution in [1.82, 2.24) is 10.4 Å². The molecule has 0 radical (unpaired) electrons. The summed E-state index contributed by atoms with van der Waals surface area (Å²) in [5.74, 6) is -0.0278. The molecule has 1 heterocycles. The average Bonchev–Trinajstić information content (AvgIpc) is 2.89. The van der Waals surface area contributed by atoms with E-state index in [9.17, 15) is 14.9 Å². The Balaban J connectivity index is 1.91. The highest BCUT2D eigenvalue weighted by atomic mass is 16.7. The first-order valence-corrected chi connectivity index (χ1v) is 8.38. The number of nitro benzene ring substituents is 1. The number of carbonyl (C=O) groups is 1. The van der Waals surface area contributed by atoms with Crippen LogP contribution < -0.4 is 5.43 Å². The quantitative estimate of drug-likeness (QED) is 0.660. The minimum absolute atomic E-state index is 0.150. The Morgan fingerprint density at radius 2 is 1.85 bits per heavy atom. The molecule has 0 atom stereocenters. The third-order valence-corrected chi connectivity index (χ3v) is 4.12. The highest BCUT2D eigenvalue weighted by Crippen LogP contribution is 2.26. The van der Waals surface area contributed by atoms with Gasteiger partial charge in [0.05, 0.1) is 4.92 Å². The minimum Gasteiger partial charge on any atom is -0.364 e. The van der Waals surface area contributed by atoms with E-state index in [2.05, 4.69) is 10.6 Å². The summed E-state index contributed by atoms with van der Waals surface area (Å²) in [6.07, 6.45) is 0. The monoisotopic (exact) mass is 368 g/mol. The number of carbonyl (C=O) groups excluding carboxylic acids is 1. The maximum atomic E-state index is 12.7. The largest absolute Gasteiger partial charge is 0.364 e. The zero-order valence-electron chi connectivity index (χ0n) is 15.5. The van der Waals surface area contributed by atoms with Crippen LogP contribution >= 0.6 is 0 Å². The van der Waals surface area contributed by atoms with Gasteiger partial charge in [-0.25, -0.2) is 5.01 Å². The number of nitro groups is 1. The van der Waals surface area contributed by atoms with Crippen LogP contribution in [0.4, 0.5) is 5.69 Å². The average molecular weight is 368 g/mol. The van der Waals surface area contributed by atoms with Gasteiger partial charge in [0, 0.05) is 23.3 Å². The molecule has 8 heteroatoms. The Bertz CT molecular complexity index is 932. The lowest BCUT2D eigenvalue weighted by Gasteiger charge is -2.31. The van der Waals surface area contributed by atoms with E-state index in [0.717, 1.165) is 16.7 Å². The molecule has 2 aromatic carbocycles. The molecule has 1 aliphatic rings. The molecule has 0 aliphatic carbocycles. The van der Waals surface area contributed by atoms with Crippen LogP contribution in [0.3, 0.4) is 0 Å². The van der Waals surface area contributed by atoms with Crippen molar-refractivity contribution in [2.24, 2.45) is 5.16 Å². The fraction of sp³-hybridized carbons (Fsp3) is 0.263. The van der Waals surface area contributed by atoms with Crippen molar-refractivity contribution in [3.8, 4) is 0 Å². The van der Waals surface area contributed by atoms with Gasteiger partial charge in [-0.2, -0.15) is 0 Å². The van der Waals surface area contributed by atoms with Crippen LogP contribution in [0.5, 0.6) is 0 Å². The smallest absolute Gasteiger partial charge is 0.270 e. The number of hydrazine groups is 1. The minimum atomic E-state index is -0.913. The second kappa shape index (κ2) is 6.71. The maximum absolute atomic E-state index is 12.7. The van der Waals surface area contributed by atoms with E-state index >= 15 is 0 Å². The van der Waals surface area contributed by atoms with Gasteiger partial charge in [0.2, 0.25) is 5.72 Å². The summed E-state index contributed by atoms with van der Waals surface area (Å²) < 4.78 is 0. The lowest BCUT2D eigenvalue weighted by atomic mass is 10.1. The molecular weight excluding hydrogens is 348 g/mol. The molecule has 0 saturated carbocycles. The van der Waals surface area contributed by atoms with Crippen LogP contribution in [0, 0.1) is 24.0 Å². The van der Waals surface area contributed by atoms with Crippen molar-refractivity contribution in [2.45, 2.75) is 33.4 Å². The fourth-order valence-electron chi connectivity index (χ4n) is 2.89. The lowest BCUT2D eigenvalue weighted by Crippen LogP contribution is -2.54. The number of amides is 1. The second-order valence-electron chi connectivity index (χ2n) is 6.91. The predicted octanol–water partition coefficient (Wildman–Crippen LogP) is 3.29. The molecule has 140 valence electrons. The Labute approximate surface area is 156 Å². The van der Waals surface area contributed by atoms with Gasteiger partial charge in [0.1, 0.15) is 0 Å². The van der Waals surface area contributed by atoms with E-state index < -0.39 is 16.6 Å². The Morgan fingerprint density at radius 3 is 2.48 bits per heavy atom. The molecule has 0 saturated heterocycles. The number of rotatable bonds is 4. The van der Waals surface area contributed by atoms with Gasteiger partial charge in [-0.3, -0.25) is 20.3 Å². The van der Waals surface area contributed by atoms with Crippen LogP contribution in [-0.2, 0) is 4.84 Å². The highest BCUT2D eigenvalue weighted by molar-refractivity contribution is 6.02. The molecule has 2 aromatic rings. The number of nitrogens with zero attached hydrogens (tertiary/aromatic N) is 3. The van der Waals surface area contributed by atoms with Gasteiger partial charge in [-0.15, -0.1) is 0 Å². The van der Waals surface area contributed by atoms with E-state index in [-0.39, 0.29) is 11.3 Å². The van der Waals surface area contributed by atoms with Crippen molar-refractivity contribution in [3.63, 3.8) is 0 Å². The molecular formula is C19H20N4O4. The molecule has 0 aromatic heterocycles. The molecule has 0 fully saturated rings. The third kappa shape index (κ3) is 3.74. The van der Waals surface area contributed by atoms with E-state index in [1.807, 2.05) is 32.0 Å². The first kappa shape index (κ1) is 18.4. The Hall–Kier alpha value is -3.42. The number of hydrogen-bond donors (Lipinski definition) is 1. The zero-order valence-corrected chi connectivity index (χ0v) is 15.5. The van der Waals surface area contributed by atoms with Gasteiger partial charge < -0.3 is 4.84 Å². The number of hydrogen-bond acceptors (Lipinski definition) is 6. The summed E-state index contributed by atoms with van der Waals surface area (Å²) in [6, 6.07) is 11.5. The second-order valence-corrected chi connectivity index (χ2v) is 6.91. The first-order valence-electron chi connectivity index (χ1n) is 8.38. The predicted molar refractivity (Wildman–Crippen MR) is 100 cm³/mol. The van der Waals surface area contributed by atoms with Crippen molar-refractivity contribution in [2.75, 3.05) is 0 Å². The lowest BCUT2D eigenvalue weighted by molar-refractivity contribution is -0.384. The maximum Gasteiger partial charge on any atom is 0.270 e. The molecule has 1 N–H and O–H groups in total. The molecule has 0 bridgehead atoms. The normalized spacial score (nSPS) is 15.1. The number of nitrogens with one attached hydrogen (secondary N) is 1. The molecule has 27 heavy (non-hydrogen) atoms. The van der Waals surface area contributed by atoms with Gasteiger partial charge in [0.25, 0.3) is 11.6 Å². The Morgan fingerprint density at radius 1 is 1.19 bits per heavy atom. The standard InChI is InChI=1S/C19H20N4O4/c1-12-8-13(2)10-15(9-12)17-21-27-19(3,4)22(17)20-18(24)14-6-5-7-16(11-14)23(25)26/h5-11H,1-4H3,(H,20,24). The number of benzene rings is 2. The summed E-state index contributed by atoms with van der Waals surface area (Å²) in [7, 11) is 0. The Kier molecular flexibility index (Phi) is 4.57. The number of oxime groups is 1. The van der Waals surface area contributed by atoms with Crippen LogP contribution in [0.1, 0.15) is 40.9 Å². The number of non-ortho nitro benzene ring substituents is 1. The van der Waals surface area contributed by atoms with Gasteiger partial charge in [-0.1, -0.05) is 28.4 Å².